The summed E-state index contributed by atoms with van der Waals surface area (Å²) < 4.78 is 36.7. The molecule has 3 N–H and O–H groups in total. The Morgan fingerprint density at radius 1 is 1.27 bits per heavy atom. The zero-order valence-electron chi connectivity index (χ0n) is 17.3. The largest absolute Gasteiger partial charge is 0.490 e. The van der Waals surface area contributed by atoms with Crippen molar-refractivity contribution in [2.24, 2.45) is 5.73 Å². The maximum absolute atomic E-state index is 12.9. The van der Waals surface area contributed by atoms with Gasteiger partial charge >= 0.3 is 18.2 Å². The standard InChI is InChI=1S/C18H17Cl2N3O3.C2HF3O2/c1-3-26-18(25)23-8-14-16(17(23)24)15(12(7-21)9(2)22-14)11-5-4-10(19)6-13(11)20;3-2(4,5)1(6)7/h4-6H,3,7-8,21H2,1-2H3;(H,6,7). The fourth-order valence-electron chi connectivity index (χ4n) is 3.09. The number of aliphatic carboxylic acids is 1. The van der Waals surface area contributed by atoms with Gasteiger partial charge in [0.15, 0.2) is 0 Å². The molecule has 2 amide bonds. The number of hydrogen-bond donors (Lipinski definition) is 2. The Kier molecular flexibility index (Phi) is 8.28. The molecule has 0 unspecified atom stereocenters. The highest BCUT2D eigenvalue weighted by Crippen LogP contribution is 2.40. The summed E-state index contributed by atoms with van der Waals surface area (Å²) in [6.45, 7) is 3.89. The Hall–Kier alpha value is -2.89. The molecular formula is C20H18Cl2F3N3O5. The number of rotatable bonds is 3. The average Bonchev–Trinajstić information content (AvgIpc) is 3.03. The number of nitrogens with zero attached hydrogens (tertiary/aromatic N) is 2. The molecule has 1 aromatic carbocycles. The number of alkyl halides is 3. The van der Waals surface area contributed by atoms with E-state index in [4.69, 9.17) is 43.6 Å². The molecule has 0 saturated heterocycles. The monoisotopic (exact) mass is 507 g/mol. The number of hydrogen-bond acceptors (Lipinski definition) is 6. The first-order valence-corrected chi connectivity index (χ1v) is 10.1. The molecule has 1 aromatic heterocycles. The third-order valence-electron chi connectivity index (χ3n) is 4.48. The van der Waals surface area contributed by atoms with Gasteiger partial charge in [-0.2, -0.15) is 13.2 Å². The topological polar surface area (TPSA) is 123 Å². The summed E-state index contributed by atoms with van der Waals surface area (Å²) in [7, 11) is 0. The van der Waals surface area contributed by atoms with Crippen molar-refractivity contribution in [3.05, 3.63) is 50.8 Å². The molecule has 0 fully saturated rings. The third kappa shape index (κ3) is 5.73. The SMILES string of the molecule is CCOC(=O)N1Cc2nc(C)c(CN)c(-c3ccc(Cl)cc3Cl)c2C1=O.O=C(O)C(F)(F)F. The number of carbonyl (C=O) groups is 3. The van der Waals surface area contributed by atoms with Crippen LogP contribution in [0, 0.1) is 6.92 Å². The second-order valence-corrected chi connectivity index (χ2v) is 7.44. The molecule has 0 saturated carbocycles. The molecular weight excluding hydrogens is 490 g/mol. The van der Waals surface area contributed by atoms with Gasteiger partial charge in [0, 0.05) is 33.4 Å². The number of carbonyl (C=O) groups excluding carboxylic acids is 2. The van der Waals surface area contributed by atoms with Gasteiger partial charge in [-0.25, -0.2) is 14.5 Å². The lowest BCUT2D eigenvalue weighted by Crippen LogP contribution is -2.31. The van der Waals surface area contributed by atoms with Crippen LogP contribution in [0.1, 0.15) is 34.2 Å². The predicted octanol–water partition coefficient (Wildman–Crippen LogP) is 4.57. The van der Waals surface area contributed by atoms with Crippen LogP contribution in [0.5, 0.6) is 0 Å². The number of amides is 2. The van der Waals surface area contributed by atoms with E-state index in [2.05, 4.69) is 4.98 Å². The number of carboxylic acid groups (broad SMARTS) is 1. The molecule has 1 aliphatic heterocycles. The lowest BCUT2D eigenvalue weighted by Gasteiger charge is -2.16. The molecule has 8 nitrogen and oxygen atoms in total. The molecule has 0 atom stereocenters. The number of fused-ring (bicyclic) bond motifs is 1. The van der Waals surface area contributed by atoms with Crippen LogP contribution in [0.2, 0.25) is 10.0 Å². The van der Waals surface area contributed by atoms with Crippen molar-refractivity contribution >= 4 is 41.2 Å². The third-order valence-corrected chi connectivity index (χ3v) is 5.03. The van der Waals surface area contributed by atoms with E-state index in [1.165, 1.54) is 0 Å². The molecule has 2 aromatic rings. The highest BCUT2D eigenvalue weighted by Gasteiger charge is 2.39. The Labute approximate surface area is 196 Å². The van der Waals surface area contributed by atoms with Gasteiger partial charge in [-0.05, 0) is 31.5 Å². The van der Waals surface area contributed by atoms with Crippen molar-refractivity contribution in [3.8, 4) is 11.1 Å². The summed E-state index contributed by atoms with van der Waals surface area (Å²) in [6.07, 6.45) is -5.78. The smallest absolute Gasteiger partial charge is 0.475 e. The highest BCUT2D eigenvalue weighted by atomic mass is 35.5. The lowest BCUT2D eigenvalue weighted by molar-refractivity contribution is -0.192. The summed E-state index contributed by atoms with van der Waals surface area (Å²) in [5, 5.41) is 8.00. The van der Waals surface area contributed by atoms with E-state index >= 15 is 0 Å². The van der Waals surface area contributed by atoms with Crippen LogP contribution in [0.4, 0.5) is 18.0 Å². The predicted molar refractivity (Wildman–Crippen MR) is 113 cm³/mol. The van der Waals surface area contributed by atoms with E-state index in [1.807, 2.05) is 6.92 Å². The number of aromatic nitrogens is 1. The number of imide groups is 1. The number of nitrogens with two attached hydrogens (primary N) is 1. The molecule has 1 aliphatic rings. The normalized spacial score (nSPS) is 12.7. The summed E-state index contributed by atoms with van der Waals surface area (Å²) in [5.41, 5.74) is 9.35. The Morgan fingerprint density at radius 3 is 2.36 bits per heavy atom. The fraction of sp³-hybridized carbons (Fsp3) is 0.300. The Balaban J connectivity index is 0.000000479. The van der Waals surface area contributed by atoms with E-state index in [0.29, 0.717) is 43.7 Å². The number of carboxylic acids is 1. The molecule has 0 aliphatic carbocycles. The first kappa shape index (κ1) is 26.4. The maximum Gasteiger partial charge on any atom is 0.490 e. The van der Waals surface area contributed by atoms with Crippen molar-refractivity contribution in [2.75, 3.05) is 6.61 Å². The molecule has 0 spiro atoms. The van der Waals surface area contributed by atoms with E-state index in [0.717, 1.165) is 4.90 Å². The van der Waals surface area contributed by atoms with Crippen LogP contribution in [-0.4, -0.2) is 45.7 Å². The van der Waals surface area contributed by atoms with Crippen molar-refractivity contribution in [2.45, 2.75) is 33.1 Å². The number of pyridine rings is 1. The van der Waals surface area contributed by atoms with Crippen LogP contribution in [0.25, 0.3) is 11.1 Å². The van der Waals surface area contributed by atoms with E-state index in [1.54, 1.807) is 25.1 Å². The van der Waals surface area contributed by atoms with Crippen molar-refractivity contribution in [3.63, 3.8) is 0 Å². The van der Waals surface area contributed by atoms with Gasteiger partial charge < -0.3 is 15.6 Å². The molecule has 0 radical (unpaired) electrons. The lowest BCUT2D eigenvalue weighted by atomic mass is 9.93. The fourth-order valence-corrected chi connectivity index (χ4v) is 3.59. The van der Waals surface area contributed by atoms with Gasteiger partial charge in [-0.1, -0.05) is 29.3 Å². The van der Waals surface area contributed by atoms with Gasteiger partial charge in [-0.3, -0.25) is 9.78 Å². The van der Waals surface area contributed by atoms with Crippen LogP contribution in [0.15, 0.2) is 18.2 Å². The molecule has 178 valence electrons. The minimum atomic E-state index is -5.08. The summed E-state index contributed by atoms with van der Waals surface area (Å²) >= 11 is 12.4. The second-order valence-electron chi connectivity index (χ2n) is 6.59. The van der Waals surface area contributed by atoms with Crippen molar-refractivity contribution < 1.29 is 37.4 Å². The molecule has 13 heteroatoms. The number of benzene rings is 1. The Morgan fingerprint density at radius 2 is 1.88 bits per heavy atom. The van der Waals surface area contributed by atoms with Gasteiger partial charge in [0.25, 0.3) is 5.91 Å². The van der Waals surface area contributed by atoms with Crippen LogP contribution in [-0.2, 0) is 22.6 Å². The summed E-state index contributed by atoms with van der Waals surface area (Å²) in [6, 6.07) is 5.02. The minimum Gasteiger partial charge on any atom is -0.475 e. The van der Waals surface area contributed by atoms with Crippen LogP contribution >= 0.6 is 23.2 Å². The van der Waals surface area contributed by atoms with Crippen molar-refractivity contribution in [1.82, 2.24) is 9.88 Å². The average molecular weight is 508 g/mol. The van der Waals surface area contributed by atoms with E-state index < -0.39 is 24.1 Å². The number of aryl methyl sites for hydroxylation is 1. The van der Waals surface area contributed by atoms with Gasteiger partial charge in [0.05, 0.1) is 24.4 Å². The summed E-state index contributed by atoms with van der Waals surface area (Å²) in [4.78, 5) is 39.5. The van der Waals surface area contributed by atoms with E-state index in [9.17, 15) is 22.8 Å². The zero-order chi connectivity index (χ0) is 25.1. The van der Waals surface area contributed by atoms with E-state index in [-0.39, 0.29) is 19.7 Å². The quantitative estimate of drug-likeness (QED) is 0.623. The second kappa shape index (κ2) is 10.4. The maximum atomic E-state index is 12.9. The number of ether oxygens (including phenoxy) is 1. The molecule has 3 rings (SSSR count). The Bertz CT molecular complexity index is 1110. The first-order chi connectivity index (χ1) is 15.3. The van der Waals surface area contributed by atoms with Crippen molar-refractivity contribution in [1.29, 1.82) is 0 Å². The molecule has 0 bridgehead atoms. The minimum absolute atomic E-state index is 0.0525. The van der Waals surface area contributed by atoms with Gasteiger partial charge in [0.1, 0.15) is 0 Å². The zero-order valence-corrected chi connectivity index (χ0v) is 18.8. The van der Waals surface area contributed by atoms with Gasteiger partial charge in [-0.15, -0.1) is 0 Å². The van der Waals surface area contributed by atoms with Gasteiger partial charge in [0.2, 0.25) is 0 Å². The highest BCUT2D eigenvalue weighted by molar-refractivity contribution is 6.36. The summed E-state index contributed by atoms with van der Waals surface area (Å²) in [5.74, 6) is -3.23. The molecule has 33 heavy (non-hydrogen) atoms. The van der Waals surface area contributed by atoms with Crippen LogP contribution < -0.4 is 5.73 Å². The molecule has 2 heterocycles. The first-order valence-electron chi connectivity index (χ1n) is 9.29. The number of halogens is 5. The van der Waals surface area contributed by atoms with Crippen LogP contribution in [0.3, 0.4) is 0 Å².